The summed E-state index contributed by atoms with van der Waals surface area (Å²) < 4.78 is 23.8. The van der Waals surface area contributed by atoms with Gasteiger partial charge in [-0.1, -0.05) is 359 Å². The Bertz CT molecular complexity index is 1460. The van der Waals surface area contributed by atoms with Gasteiger partial charge in [0, 0.05) is 6.42 Å². The van der Waals surface area contributed by atoms with Crippen LogP contribution in [-0.4, -0.2) is 73.4 Å². The summed E-state index contributed by atoms with van der Waals surface area (Å²) in [5, 5.41) is 14.0. The quantitative estimate of drug-likeness (QED) is 0.0243. The van der Waals surface area contributed by atoms with E-state index in [2.05, 4.69) is 43.5 Å². The third-order valence-electron chi connectivity index (χ3n) is 17.3. The molecule has 1 amide bonds. The van der Waals surface area contributed by atoms with Gasteiger partial charge in [-0.05, 0) is 57.8 Å². The van der Waals surface area contributed by atoms with Crippen LogP contribution in [0.5, 0.6) is 0 Å². The van der Waals surface area contributed by atoms with Gasteiger partial charge in [0.2, 0.25) is 5.91 Å². The normalized spacial score (nSPS) is 13.8. The van der Waals surface area contributed by atoms with Gasteiger partial charge in [-0.15, -0.1) is 0 Å². The molecule has 0 aromatic carbocycles. The molecule has 0 fully saturated rings. The SMILES string of the molecule is CCCCCCCCCC/C=C\CCCCCCCCCCCCCCCCCCCCCCCCCCCC(=O)NC(COP(=O)(O)OCC[N+](C)(C)C)C(O)/C=C/CC/C=C/CCCCCCCCCCCCCCCCCCCCC. The van der Waals surface area contributed by atoms with Crippen molar-refractivity contribution in [1.29, 1.82) is 0 Å². The summed E-state index contributed by atoms with van der Waals surface area (Å²) in [5.74, 6) is -0.178. The highest BCUT2D eigenvalue weighted by molar-refractivity contribution is 7.47. The van der Waals surface area contributed by atoms with Crippen molar-refractivity contribution in [3.63, 3.8) is 0 Å². The summed E-state index contributed by atoms with van der Waals surface area (Å²) in [6.07, 6.45) is 89.0. The first-order chi connectivity index (χ1) is 41.0. The number of likely N-dealkylation sites (N-methyl/N-ethyl adjacent to an activating group) is 1. The molecule has 498 valence electrons. The smallest absolute Gasteiger partial charge is 0.387 e. The predicted octanol–water partition coefficient (Wildman–Crippen LogP) is 24.0. The average molecular weight is 1200 g/mol. The van der Waals surface area contributed by atoms with E-state index in [0.29, 0.717) is 17.4 Å². The average Bonchev–Trinajstić information content (AvgIpc) is 3.56. The molecule has 0 heterocycles. The van der Waals surface area contributed by atoms with Gasteiger partial charge in [0.05, 0.1) is 39.9 Å². The molecule has 0 saturated carbocycles. The van der Waals surface area contributed by atoms with Crippen molar-refractivity contribution in [3.05, 3.63) is 36.5 Å². The maximum Gasteiger partial charge on any atom is 0.472 e. The third kappa shape index (κ3) is 68.2. The van der Waals surface area contributed by atoms with Crippen LogP contribution in [0.1, 0.15) is 386 Å². The van der Waals surface area contributed by atoms with E-state index in [4.69, 9.17) is 9.05 Å². The van der Waals surface area contributed by atoms with Crippen molar-refractivity contribution >= 4 is 13.7 Å². The Morgan fingerprint density at radius 3 is 0.952 bits per heavy atom. The van der Waals surface area contributed by atoms with Crippen molar-refractivity contribution in [1.82, 2.24) is 5.32 Å². The number of aliphatic hydroxyl groups excluding tert-OH is 1. The highest BCUT2D eigenvalue weighted by Crippen LogP contribution is 2.43. The highest BCUT2D eigenvalue weighted by atomic mass is 31.2. The van der Waals surface area contributed by atoms with E-state index in [1.807, 2.05) is 27.2 Å². The minimum Gasteiger partial charge on any atom is -0.387 e. The molecule has 9 heteroatoms. The lowest BCUT2D eigenvalue weighted by Gasteiger charge is -2.25. The molecule has 3 N–H and O–H groups in total. The van der Waals surface area contributed by atoms with Gasteiger partial charge >= 0.3 is 7.82 Å². The number of hydrogen-bond acceptors (Lipinski definition) is 5. The number of carbonyl (C=O) groups excluding carboxylic acids is 1. The number of unbranched alkanes of at least 4 members (excludes halogenated alkanes) is 53. The molecule has 8 nitrogen and oxygen atoms in total. The van der Waals surface area contributed by atoms with Crippen molar-refractivity contribution in [2.24, 2.45) is 0 Å². The molecule has 0 aromatic heterocycles. The van der Waals surface area contributed by atoms with Gasteiger partial charge in [0.1, 0.15) is 13.2 Å². The predicted molar refractivity (Wildman–Crippen MR) is 369 cm³/mol. The molecule has 0 spiro atoms. The van der Waals surface area contributed by atoms with Crippen LogP contribution in [0.3, 0.4) is 0 Å². The lowest BCUT2D eigenvalue weighted by Crippen LogP contribution is -2.45. The van der Waals surface area contributed by atoms with Crippen molar-refractivity contribution < 1.29 is 32.9 Å². The summed E-state index contributed by atoms with van der Waals surface area (Å²) in [7, 11) is 1.57. The molecule has 0 aliphatic carbocycles. The number of phosphoric acid groups is 1. The first kappa shape index (κ1) is 82.7. The number of nitrogens with one attached hydrogen (secondary N) is 1. The van der Waals surface area contributed by atoms with Gasteiger partial charge in [-0.3, -0.25) is 13.8 Å². The van der Waals surface area contributed by atoms with Crippen molar-refractivity contribution in [3.8, 4) is 0 Å². The van der Waals surface area contributed by atoms with Crippen LogP contribution in [0.25, 0.3) is 0 Å². The molecule has 84 heavy (non-hydrogen) atoms. The first-order valence-corrected chi connectivity index (χ1v) is 38.9. The number of phosphoric ester groups is 1. The zero-order valence-corrected chi connectivity index (χ0v) is 58.1. The van der Waals surface area contributed by atoms with E-state index >= 15 is 0 Å². The van der Waals surface area contributed by atoms with Gasteiger partial charge in [-0.25, -0.2) is 4.57 Å². The number of allylic oxidation sites excluding steroid dienone is 5. The number of quaternary nitrogens is 1. The van der Waals surface area contributed by atoms with Crippen LogP contribution in [-0.2, 0) is 18.4 Å². The maximum atomic E-state index is 13.1. The van der Waals surface area contributed by atoms with Crippen LogP contribution in [0.4, 0.5) is 0 Å². The molecule has 0 rings (SSSR count). The third-order valence-corrected chi connectivity index (χ3v) is 18.3. The number of hydrogen-bond donors (Lipinski definition) is 3. The van der Waals surface area contributed by atoms with Crippen molar-refractivity contribution in [2.75, 3.05) is 40.9 Å². The van der Waals surface area contributed by atoms with Gasteiger partial charge < -0.3 is 19.8 Å². The molecule has 0 aliphatic rings. The second kappa shape index (κ2) is 66.1. The lowest BCUT2D eigenvalue weighted by molar-refractivity contribution is -0.870. The van der Waals surface area contributed by atoms with Crippen LogP contribution in [0.15, 0.2) is 36.5 Å². The van der Waals surface area contributed by atoms with Gasteiger partial charge in [-0.2, -0.15) is 0 Å². The Kier molecular flexibility index (Phi) is 65.1. The van der Waals surface area contributed by atoms with E-state index in [-0.39, 0.29) is 19.1 Å². The monoisotopic (exact) mass is 1200 g/mol. The minimum absolute atomic E-state index is 0.0584. The van der Waals surface area contributed by atoms with E-state index in [1.54, 1.807) is 6.08 Å². The highest BCUT2D eigenvalue weighted by Gasteiger charge is 2.28. The van der Waals surface area contributed by atoms with E-state index in [0.717, 1.165) is 38.5 Å². The van der Waals surface area contributed by atoms with E-state index in [9.17, 15) is 19.4 Å². The minimum atomic E-state index is -4.36. The van der Waals surface area contributed by atoms with Gasteiger partial charge in [0.25, 0.3) is 0 Å². The summed E-state index contributed by atoms with van der Waals surface area (Å²) in [5.41, 5.74) is 0. The number of aliphatic hydroxyl groups is 1. The van der Waals surface area contributed by atoms with Crippen LogP contribution < -0.4 is 5.32 Å². The zero-order valence-electron chi connectivity index (χ0n) is 57.2. The molecule has 0 aliphatic heterocycles. The maximum absolute atomic E-state index is 13.1. The fourth-order valence-corrected chi connectivity index (χ4v) is 12.3. The summed E-state index contributed by atoms with van der Waals surface area (Å²) in [6, 6.07) is -0.863. The Balaban J connectivity index is 3.98. The molecule has 3 atom stereocenters. The lowest BCUT2D eigenvalue weighted by atomic mass is 10.0. The van der Waals surface area contributed by atoms with Gasteiger partial charge in [0.15, 0.2) is 0 Å². The number of rotatable bonds is 70. The number of nitrogens with zero attached hydrogens (tertiary/aromatic N) is 1. The standard InChI is InChI=1S/C75H147N2O6P/c1-6-8-10-12-14-16-18-20-22-24-26-28-30-32-33-34-35-36-37-38-39-40-41-42-43-45-47-49-51-53-55-57-59-61-63-65-67-69-75(79)76-73(72-83-84(80,81)82-71-70-77(3,4)5)74(78)68-66-64-62-60-58-56-54-52-50-48-46-44-31-29-27-25-23-21-19-17-15-13-11-9-7-2/h24,26,58,60,66,68,73-74,78H,6-23,25,27-57,59,61-65,67,69-72H2,1-5H3,(H-,76,79,80,81)/p+1/b26-24-,60-58+,68-66+. The largest absolute Gasteiger partial charge is 0.472 e. The molecular formula is C75H148N2O6P+. The zero-order chi connectivity index (χ0) is 61.2. The van der Waals surface area contributed by atoms with Crippen molar-refractivity contribution in [2.45, 2.75) is 398 Å². The Morgan fingerprint density at radius 2 is 0.655 bits per heavy atom. The Morgan fingerprint density at radius 1 is 0.393 bits per heavy atom. The fraction of sp³-hybridized carbons (Fsp3) is 0.907. The van der Waals surface area contributed by atoms with Crippen LogP contribution in [0.2, 0.25) is 0 Å². The van der Waals surface area contributed by atoms with Crippen LogP contribution >= 0.6 is 7.82 Å². The molecule has 3 unspecified atom stereocenters. The molecule has 0 bridgehead atoms. The number of carbonyl (C=O) groups is 1. The second-order valence-corrected chi connectivity index (χ2v) is 28.5. The molecular weight excluding hydrogens is 1060 g/mol. The number of amides is 1. The molecule has 0 saturated heterocycles. The van der Waals surface area contributed by atoms with E-state index < -0.39 is 20.0 Å². The Labute approximate surface area is 525 Å². The first-order valence-electron chi connectivity index (χ1n) is 37.4. The molecule has 0 aromatic rings. The van der Waals surface area contributed by atoms with Crippen LogP contribution in [0, 0.1) is 0 Å². The fourth-order valence-electron chi connectivity index (χ4n) is 11.5. The topological polar surface area (TPSA) is 105 Å². The Hall–Kier alpha value is -1.28. The summed E-state index contributed by atoms with van der Waals surface area (Å²) in [4.78, 5) is 23.4. The van der Waals surface area contributed by atoms with E-state index in [1.165, 1.54) is 327 Å². The molecule has 0 radical (unpaired) electrons. The summed E-state index contributed by atoms with van der Waals surface area (Å²) in [6.45, 7) is 4.86. The summed E-state index contributed by atoms with van der Waals surface area (Å²) >= 11 is 0. The second-order valence-electron chi connectivity index (χ2n) is 27.0.